The van der Waals surface area contributed by atoms with Gasteiger partial charge < -0.3 is 15.0 Å². The number of benzene rings is 4. The zero-order valence-electron chi connectivity index (χ0n) is 24.9. The number of sulfonamides is 1. The van der Waals surface area contributed by atoms with Crippen LogP contribution in [0.25, 0.3) is 0 Å². The molecule has 230 valence electrons. The van der Waals surface area contributed by atoms with Crippen LogP contribution in [0.1, 0.15) is 23.6 Å². The molecule has 4 aromatic rings. The molecule has 0 aliphatic heterocycles. The minimum absolute atomic E-state index is 0.0432. The van der Waals surface area contributed by atoms with Crippen molar-refractivity contribution in [2.45, 2.75) is 37.8 Å². The van der Waals surface area contributed by atoms with Crippen molar-refractivity contribution in [1.29, 1.82) is 0 Å². The molecule has 1 N–H and O–H groups in total. The smallest absolute Gasteiger partial charge is 0.264 e. The van der Waals surface area contributed by atoms with Gasteiger partial charge in [0.1, 0.15) is 18.3 Å². The molecule has 0 radical (unpaired) electrons. The number of anilines is 1. The Labute approximate surface area is 264 Å². The monoisotopic (exact) mass is 633 g/mol. The normalized spacial score (nSPS) is 11.8. The number of ether oxygens (including phenoxy) is 1. The van der Waals surface area contributed by atoms with Crippen LogP contribution in [0.4, 0.5) is 5.69 Å². The summed E-state index contributed by atoms with van der Waals surface area (Å²) in [6.07, 6.45) is 0.234. The summed E-state index contributed by atoms with van der Waals surface area (Å²) in [5.74, 6) is -0.616. The number of nitrogens with zero attached hydrogens (tertiary/aromatic N) is 2. The van der Waals surface area contributed by atoms with Crippen molar-refractivity contribution >= 4 is 39.1 Å². The van der Waals surface area contributed by atoms with Crippen molar-refractivity contribution in [3.05, 3.63) is 125 Å². The van der Waals surface area contributed by atoms with Gasteiger partial charge in [0.25, 0.3) is 10.0 Å². The van der Waals surface area contributed by atoms with Gasteiger partial charge in [0.15, 0.2) is 0 Å². The van der Waals surface area contributed by atoms with E-state index < -0.39 is 28.5 Å². The zero-order valence-corrected chi connectivity index (χ0v) is 26.5. The van der Waals surface area contributed by atoms with Crippen LogP contribution in [-0.4, -0.2) is 51.4 Å². The summed E-state index contributed by atoms with van der Waals surface area (Å²) in [6, 6.07) is 28.5. The van der Waals surface area contributed by atoms with E-state index in [2.05, 4.69) is 5.32 Å². The molecule has 44 heavy (non-hydrogen) atoms. The summed E-state index contributed by atoms with van der Waals surface area (Å²) in [7, 11) is -2.76. The Balaban J connectivity index is 1.82. The third kappa shape index (κ3) is 7.98. The van der Waals surface area contributed by atoms with E-state index in [9.17, 15) is 18.0 Å². The van der Waals surface area contributed by atoms with Crippen LogP contribution in [0.3, 0.4) is 0 Å². The molecule has 0 heterocycles. The lowest BCUT2D eigenvalue weighted by Gasteiger charge is -2.34. The highest BCUT2D eigenvalue weighted by molar-refractivity contribution is 7.92. The molecule has 0 saturated carbocycles. The second-order valence-corrected chi connectivity index (χ2v) is 12.5. The minimum atomic E-state index is -4.28. The number of hydrogen-bond donors (Lipinski definition) is 1. The Bertz CT molecular complexity index is 1680. The van der Waals surface area contributed by atoms with Gasteiger partial charge >= 0.3 is 0 Å². The molecule has 8 nitrogen and oxygen atoms in total. The van der Waals surface area contributed by atoms with E-state index in [1.54, 1.807) is 31.2 Å². The second kappa shape index (κ2) is 14.9. The summed E-state index contributed by atoms with van der Waals surface area (Å²) in [4.78, 5) is 29.3. The summed E-state index contributed by atoms with van der Waals surface area (Å²) in [6.45, 7) is 3.54. The van der Waals surface area contributed by atoms with Crippen molar-refractivity contribution < 1.29 is 22.7 Å². The summed E-state index contributed by atoms with van der Waals surface area (Å²) < 4.78 is 35.2. The highest BCUT2D eigenvalue weighted by atomic mass is 35.5. The molecular weight excluding hydrogens is 598 g/mol. The molecule has 4 aromatic carbocycles. The van der Waals surface area contributed by atoms with Gasteiger partial charge in [-0.1, -0.05) is 83.9 Å². The third-order valence-electron chi connectivity index (χ3n) is 7.07. The number of hydrogen-bond acceptors (Lipinski definition) is 5. The van der Waals surface area contributed by atoms with E-state index in [0.29, 0.717) is 10.8 Å². The Morgan fingerprint density at radius 1 is 0.886 bits per heavy atom. The quantitative estimate of drug-likeness (QED) is 0.206. The number of likely N-dealkylation sites (N-methyl/N-ethyl adjacent to an activating group) is 1. The largest absolute Gasteiger partial charge is 0.492 e. The van der Waals surface area contributed by atoms with Crippen LogP contribution >= 0.6 is 11.6 Å². The van der Waals surface area contributed by atoms with Crippen LogP contribution in [0.5, 0.6) is 5.75 Å². The number of rotatable bonds is 13. The third-order valence-corrected chi connectivity index (χ3v) is 9.09. The van der Waals surface area contributed by atoms with Crippen molar-refractivity contribution in [3.63, 3.8) is 0 Å². The first kappa shape index (κ1) is 32.6. The number of amides is 2. The fraction of sp³-hybridized carbons (Fsp3) is 0.235. The molecule has 2 amide bonds. The lowest BCUT2D eigenvalue weighted by molar-refractivity contribution is -0.139. The van der Waals surface area contributed by atoms with E-state index in [0.717, 1.165) is 21.0 Å². The summed E-state index contributed by atoms with van der Waals surface area (Å²) in [5, 5.41) is 3.07. The van der Waals surface area contributed by atoms with Crippen LogP contribution in [0.2, 0.25) is 5.02 Å². The molecule has 4 rings (SSSR count). The summed E-state index contributed by atoms with van der Waals surface area (Å²) in [5.41, 5.74) is 2.86. The Morgan fingerprint density at radius 3 is 2.20 bits per heavy atom. The van der Waals surface area contributed by atoms with E-state index in [4.69, 9.17) is 16.3 Å². The number of para-hydroxylation sites is 2. The van der Waals surface area contributed by atoms with Gasteiger partial charge in [0, 0.05) is 25.0 Å². The predicted molar refractivity (Wildman–Crippen MR) is 173 cm³/mol. The Morgan fingerprint density at radius 2 is 1.55 bits per heavy atom. The highest BCUT2D eigenvalue weighted by Gasteiger charge is 2.35. The molecule has 0 bridgehead atoms. The van der Waals surface area contributed by atoms with E-state index in [-0.39, 0.29) is 36.1 Å². The molecule has 10 heteroatoms. The second-order valence-electron chi connectivity index (χ2n) is 10.2. The fourth-order valence-corrected chi connectivity index (χ4v) is 6.47. The Hall–Kier alpha value is -4.34. The molecule has 0 aliphatic carbocycles. The van der Waals surface area contributed by atoms with Crippen LogP contribution in [0.15, 0.2) is 108 Å². The average molecular weight is 634 g/mol. The maximum absolute atomic E-state index is 14.4. The maximum Gasteiger partial charge on any atom is 0.264 e. The van der Waals surface area contributed by atoms with Crippen LogP contribution < -0.4 is 14.4 Å². The predicted octanol–water partition coefficient (Wildman–Crippen LogP) is 5.63. The molecular formula is C34H36ClN3O5S. The fourth-order valence-electron chi connectivity index (χ4n) is 4.92. The van der Waals surface area contributed by atoms with Gasteiger partial charge in [0.05, 0.1) is 17.2 Å². The average Bonchev–Trinajstić information content (AvgIpc) is 3.02. The van der Waals surface area contributed by atoms with Crippen molar-refractivity contribution in [1.82, 2.24) is 10.2 Å². The molecule has 0 unspecified atom stereocenters. The van der Waals surface area contributed by atoms with Gasteiger partial charge in [-0.15, -0.1) is 0 Å². The molecule has 0 fully saturated rings. The number of aryl methyl sites for hydroxylation is 1. The SMILES string of the molecule is CCOc1ccccc1N(CC(=O)N(Cc1cccc(C)c1)[C@@H](Cc1ccccc1)C(=O)NC)S(=O)(=O)c1ccc(Cl)cc1. The minimum Gasteiger partial charge on any atom is -0.492 e. The van der Waals surface area contributed by atoms with Gasteiger partial charge in [-0.05, 0) is 61.4 Å². The highest BCUT2D eigenvalue weighted by Crippen LogP contribution is 2.33. The standard InChI is InChI=1S/C34H36ClN3O5S/c1-4-43-32-16-9-8-15-30(32)38(44(41,42)29-19-17-28(35)18-20-29)24-33(39)37(23-27-14-10-11-25(2)21-27)31(34(40)36-3)22-26-12-6-5-7-13-26/h5-21,31H,4,22-24H2,1-3H3,(H,36,40)/t31-/m0/s1. The topological polar surface area (TPSA) is 96.0 Å². The van der Waals surface area contributed by atoms with Gasteiger partial charge in [-0.2, -0.15) is 0 Å². The number of carbonyl (C=O) groups excluding carboxylic acids is 2. The zero-order chi connectivity index (χ0) is 31.7. The lowest BCUT2D eigenvalue weighted by atomic mass is 10.0. The molecule has 1 atom stereocenters. The van der Waals surface area contributed by atoms with Gasteiger partial charge in [-0.3, -0.25) is 13.9 Å². The van der Waals surface area contributed by atoms with Crippen molar-refractivity contribution in [2.75, 3.05) is 24.5 Å². The number of halogens is 1. The number of carbonyl (C=O) groups is 2. The van der Waals surface area contributed by atoms with E-state index in [1.807, 2.05) is 61.5 Å². The lowest BCUT2D eigenvalue weighted by Crippen LogP contribution is -2.53. The molecule has 0 aromatic heterocycles. The van der Waals surface area contributed by atoms with Crippen molar-refractivity contribution in [2.24, 2.45) is 0 Å². The molecule has 0 spiro atoms. The summed E-state index contributed by atoms with van der Waals surface area (Å²) >= 11 is 6.06. The Kier molecular flexibility index (Phi) is 11.0. The van der Waals surface area contributed by atoms with Gasteiger partial charge in [0.2, 0.25) is 11.8 Å². The maximum atomic E-state index is 14.4. The first-order valence-corrected chi connectivity index (χ1v) is 16.1. The van der Waals surface area contributed by atoms with Crippen LogP contribution in [0, 0.1) is 6.92 Å². The van der Waals surface area contributed by atoms with E-state index >= 15 is 0 Å². The van der Waals surface area contributed by atoms with Gasteiger partial charge in [-0.25, -0.2) is 8.42 Å². The molecule has 0 saturated heterocycles. The van der Waals surface area contributed by atoms with E-state index in [1.165, 1.54) is 36.2 Å². The molecule has 0 aliphatic rings. The van der Waals surface area contributed by atoms with Crippen LogP contribution in [-0.2, 0) is 32.6 Å². The number of nitrogens with one attached hydrogen (secondary N) is 1. The first-order chi connectivity index (χ1) is 21.1. The van der Waals surface area contributed by atoms with Crippen molar-refractivity contribution in [3.8, 4) is 5.75 Å². The first-order valence-electron chi connectivity index (χ1n) is 14.2.